The summed E-state index contributed by atoms with van der Waals surface area (Å²) >= 11 is 0. The summed E-state index contributed by atoms with van der Waals surface area (Å²) in [6, 6.07) is 4.23. The maximum absolute atomic E-state index is 13.5. The summed E-state index contributed by atoms with van der Waals surface area (Å²) < 4.78 is 76.5. The Bertz CT molecular complexity index is 1290. The fourth-order valence-corrected chi connectivity index (χ4v) is 4.80. The molecule has 41 heavy (non-hydrogen) atoms. The number of carbonyl (C=O) groups is 2. The van der Waals surface area contributed by atoms with Crippen LogP contribution in [0.4, 0.5) is 33.3 Å². The number of nitrogens with one attached hydrogen (secondary N) is 4. The molecule has 0 saturated heterocycles. The second-order valence-corrected chi connectivity index (χ2v) is 11.4. The zero-order valence-corrected chi connectivity index (χ0v) is 22.4. The van der Waals surface area contributed by atoms with Crippen molar-refractivity contribution in [1.82, 2.24) is 20.9 Å². The van der Waals surface area contributed by atoms with Gasteiger partial charge >= 0.3 is 6.18 Å². The van der Waals surface area contributed by atoms with Gasteiger partial charge in [0, 0.05) is 31.7 Å². The van der Waals surface area contributed by atoms with Crippen LogP contribution < -0.4 is 21.3 Å². The van der Waals surface area contributed by atoms with Gasteiger partial charge in [-0.1, -0.05) is 11.2 Å². The van der Waals surface area contributed by atoms with E-state index in [2.05, 4.69) is 31.6 Å². The van der Waals surface area contributed by atoms with Crippen LogP contribution in [0.1, 0.15) is 73.6 Å². The smallest absolute Gasteiger partial charge is 0.364 e. The van der Waals surface area contributed by atoms with E-state index >= 15 is 0 Å². The third kappa shape index (κ3) is 6.71. The quantitative estimate of drug-likeness (QED) is 0.287. The monoisotopic (exact) mass is 586 g/mol. The largest absolute Gasteiger partial charge is 0.416 e. The molecule has 10 nitrogen and oxygen atoms in total. The number of benzene rings is 1. The predicted molar refractivity (Wildman–Crippen MR) is 135 cm³/mol. The van der Waals surface area contributed by atoms with Crippen molar-refractivity contribution < 1.29 is 40.9 Å². The zero-order chi connectivity index (χ0) is 29.6. The van der Waals surface area contributed by atoms with Crippen molar-refractivity contribution in [3.8, 4) is 0 Å². The Morgan fingerprint density at radius 3 is 2.51 bits per heavy atom. The zero-order valence-electron chi connectivity index (χ0n) is 22.4. The molecule has 224 valence electrons. The molecule has 2 aromatic rings. The van der Waals surface area contributed by atoms with Crippen LogP contribution >= 0.6 is 0 Å². The molecule has 0 spiro atoms. The minimum Gasteiger partial charge on any atom is -0.364 e. The summed E-state index contributed by atoms with van der Waals surface area (Å²) in [7, 11) is 0. The van der Waals surface area contributed by atoms with Crippen molar-refractivity contribution in [2.45, 2.75) is 88.3 Å². The number of nitrogens with zero attached hydrogens (tertiary/aromatic N) is 2. The average Bonchev–Trinajstić information content (AvgIpc) is 3.43. The fourth-order valence-electron chi connectivity index (χ4n) is 4.80. The second-order valence-electron chi connectivity index (χ2n) is 11.4. The van der Waals surface area contributed by atoms with Gasteiger partial charge < -0.3 is 26.0 Å². The summed E-state index contributed by atoms with van der Waals surface area (Å²) in [5, 5.41) is 19.2. The lowest BCUT2D eigenvalue weighted by atomic mass is 9.79. The van der Waals surface area contributed by atoms with Gasteiger partial charge in [-0.25, -0.2) is 13.4 Å². The van der Waals surface area contributed by atoms with E-state index in [9.17, 15) is 31.5 Å². The summed E-state index contributed by atoms with van der Waals surface area (Å²) in [6.45, 7) is 1.47. The Kier molecular flexibility index (Phi) is 7.59. The molecule has 1 aromatic heterocycles. The number of ether oxygens (including phenoxy) is 1. The molecule has 2 unspecified atom stereocenters. The summed E-state index contributed by atoms with van der Waals surface area (Å²) in [5.74, 6) is -3.94. The molecule has 2 aliphatic carbocycles. The maximum atomic E-state index is 13.5. The molecule has 2 saturated carbocycles. The van der Waals surface area contributed by atoms with Crippen LogP contribution in [-0.4, -0.2) is 58.6 Å². The number of alkyl halides is 5. The molecule has 2 heterocycles. The van der Waals surface area contributed by atoms with E-state index in [4.69, 9.17) is 9.37 Å². The molecule has 3 aliphatic rings. The van der Waals surface area contributed by atoms with Crippen molar-refractivity contribution in [2.24, 2.45) is 5.92 Å². The second kappa shape index (κ2) is 10.7. The van der Waals surface area contributed by atoms with Gasteiger partial charge in [-0.2, -0.15) is 13.2 Å². The van der Waals surface area contributed by atoms with Gasteiger partial charge in [0.2, 0.25) is 11.8 Å². The topological polar surface area (TPSA) is 130 Å². The van der Waals surface area contributed by atoms with Crippen molar-refractivity contribution in [3.63, 3.8) is 0 Å². The summed E-state index contributed by atoms with van der Waals surface area (Å²) in [4.78, 5) is 25.2. The number of amides is 2. The van der Waals surface area contributed by atoms with Gasteiger partial charge in [0.05, 0.1) is 24.0 Å². The molecule has 15 heteroatoms. The first-order valence-corrected chi connectivity index (χ1v) is 13.4. The van der Waals surface area contributed by atoms with E-state index in [1.807, 2.05) is 0 Å². The fraction of sp³-hybridized carbons (Fsp3) is 0.615. The molecule has 4 N–H and O–H groups in total. The Balaban J connectivity index is 1.23. The number of fused-ring (bicyclic) bond motifs is 1. The Labute approximate surface area is 232 Å². The highest BCUT2D eigenvalue weighted by molar-refractivity contribution is 5.93. The maximum Gasteiger partial charge on any atom is 0.416 e. The molecule has 0 bridgehead atoms. The number of aromatic nitrogens is 2. The first-order chi connectivity index (χ1) is 19.2. The van der Waals surface area contributed by atoms with Gasteiger partial charge in [-0.3, -0.25) is 9.59 Å². The summed E-state index contributed by atoms with van der Waals surface area (Å²) in [6.07, 6.45) is -4.27. The SMILES string of the molecule is CC(C)(OCC(NC(=O)c1nonc1C1CC1)C1Nc2ccc(CNC(=O)CC3CC(F)(F)C3)cc2N1)C(F)(F)F. The van der Waals surface area contributed by atoms with Gasteiger partial charge in [0.15, 0.2) is 11.3 Å². The number of carbonyl (C=O) groups excluding carboxylic acids is 2. The highest BCUT2D eigenvalue weighted by Gasteiger charge is 2.49. The van der Waals surface area contributed by atoms with E-state index in [0.717, 1.165) is 26.7 Å². The minimum absolute atomic E-state index is 0.0215. The average molecular weight is 587 g/mol. The predicted octanol–water partition coefficient (Wildman–Crippen LogP) is 4.32. The standard InChI is InChI=1S/C26H31F5N6O4/c1-24(2,26(29,30)31)40-12-18(35-23(39)21-20(15-4-5-15)36-41-37-21)22-33-16-6-3-13(7-17(16)34-22)11-32-19(38)8-14-9-25(27,28)10-14/h3,6-7,14-15,18,22,33-34H,4-5,8-12H2,1-2H3,(H,32,38)(H,35,39). The lowest BCUT2D eigenvalue weighted by molar-refractivity contribution is -0.264. The highest BCUT2D eigenvalue weighted by atomic mass is 19.4. The van der Waals surface area contributed by atoms with Crippen LogP contribution in [0.2, 0.25) is 0 Å². The van der Waals surface area contributed by atoms with Crippen molar-refractivity contribution in [3.05, 3.63) is 35.2 Å². The van der Waals surface area contributed by atoms with Crippen LogP contribution in [-0.2, 0) is 16.1 Å². The molecular formula is C26H31F5N6O4. The van der Waals surface area contributed by atoms with Gasteiger partial charge in [0.25, 0.3) is 5.91 Å². The van der Waals surface area contributed by atoms with E-state index in [0.29, 0.717) is 22.6 Å². The number of hydrogen-bond donors (Lipinski definition) is 4. The Morgan fingerprint density at radius 2 is 1.85 bits per heavy atom. The molecular weight excluding hydrogens is 555 g/mol. The van der Waals surface area contributed by atoms with E-state index < -0.39 is 42.4 Å². The molecule has 5 rings (SSSR count). The first kappa shape index (κ1) is 29.0. The Morgan fingerprint density at radius 1 is 1.15 bits per heavy atom. The van der Waals surface area contributed by atoms with Crippen molar-refractivity contribution >= 4 is 23.2 Å². The molecule has 2 atom stereocenters. The van der Waals surface area contributed by atoms with Crippen molar-refractivity contribution in [2.75, 3.05) is 17.2 Å². The number of anilines is 2. The van der Waals surface area contributed by atoms with Crippen LogP contribution in [0.3, 0.4) is 0 Å². The lowest BCUT2D eigenvalue weighted by Gasteiger charge is -2.34. The molecule has 1 aromatic carbocycles. The van der Waals surface area contributed by atoms with E-state index in [1.54, 1.807) is 18.2 Å². The van der Waals surface area contributed by atoms with Crippen LogP contribution in [0.15, 0.2) is 22.8 Å². The van der Waals surface area contributed by atoms with Gasteiger partial charge in [0.1, 0.15) is 11.9 Å². The normalized spacial score (nSPS) is 20.8. The van der Waals surface area contributed by atoms with Gasteiger partial charge in [-0.15, -0.1) is 0 Å². The summed E-state index contributed by atoms with van der Waals surface area (Å²) in [5.41, 5.74) is -0.160. The number of rotatable bonds is 11. The third-order valence-electron chi connectivity index (χ3n) is 7.56. The number of hydrogen-bond acceptors (Lipinski definition) is 8. The molecule has 2 fully saturated rings. The first-order valence-electron chi connectivity index (χ1n) is 13.4. The lowest BCUT2D eigenvalue weighted by Crippen LogP contribution is -2.54. The molecule has 2 amide bonds. The van der Waals surface area contributed by atoms with E-state index in [-0.39, 0.29) is 49.2 Å². The van der Waals surface area contributed by atoms with Crippen molar-refractivity contribution in [1.29, 1.82) is 0 Å². The number of halogens is 5. The van der Waals surface area contributed by atoms with E-state index in [1.165, 1.54) is 0 Å². The van der Waals surface area contributed by atoms with Gasteiger partial charge in [-0.05, 0) is 55.5 Å². The highest BCUT2D eigenvalue weighted by Crippen LogP contribution is 2.44. The third-order valence-corrected chi connectivity index (χ3v) is 7.56. The minimum atomic E-state index is -4.64. The van der Waals surface area contributed by atoms with Crippen LogP contribution in [0.25, 0.3) is 0 Å². The molecule has 1 aliphatic heterocycles. The van der Waals surface area contributed by atoms with Crippen LogP contribution in [0, 0.1) is 5.92 Å². The Hall–Kier alpha value is -3.49. The van der Waals surface area contributed by atoms with Crippen LogP contribution in [0.5, 0.6) is 0 Å². The molecule has 0 radical (unpaired) electrons.